The van der Waals surface area contributed by atoms with E-state index in [0.29, 0.717) is 18.2 Å². The maximum absolute atomic E-state index is 11.9. The molecule has 0 aliphatic rings. The van der Waals surface area contributed by atoms with Crippen molar-refractivity contribution in [3.63, 3.8) is 0 Å². The summed E-state index contributed by atoms with van der Waals surface area (Å²) in [7, 11) is 1.97. The number of benzene rings is 1. The van der Waals surface area contributed by atoms with Crippen molar-refractivity contribution in [3.8, 4) is 0 Å². The van der Waals surface area contributed by atoms with Crippen molar-refractivity contribution in [3.05, 3.63) is 23.8 Å². The molecule has 0 saturated carbocycles. The van der Waals surface area contributed by atoms with Crippen molar-refractivity contribution in [1.82, 2.24) is 4.90 Å². The summed E-state index contributed by atoms with van der Waals surface area (Å²) in [6.07, 6.45) is 1.10. The Bertz CT molecular complexity index is 429. The highest BCUT2D eigenvalue weighted by Crippen LogP contribution is 2.20. The monoisotopic (exact) mass is 263 g/mol. The highest BCUT2D eigenvalue weighted by Gasteiger charge is 2.09. The van der Waals surface area contributed by atoms with Crippen LogP contribution in [-0.4, -0.2) is 30.9 Å². The Labute approximate surface area is 116 Å². The van der Waals surface area contributed by atoms with Gasteiger partial charge in [0.15, 0.2) is 0 Å². The van der Waals surface area contributed by atoms with Gasteiger partial charge in [-0.1, -0.05) is 19.9 Å². The van der Waals surface area contributed by atoms with E-state index in [9.17, 15) is 4.79 Å². The largest absolute Gasteiger partial charge is 0.398 e. The Hall–Kier alpha value is -1.55. The van der Waals surface area contributed by atoms with Crippen LogP contribution in [0.3, 0.4) is 0 Å². The summed E-state index contributed by atoms with van der Waals surface area (Å²) in [4.78, 5) is 14.0. The quantitative estimate of drug-likeness (QED) is 0.775. The van der Waals surface area contributed by atoms with Gasteiger partial charge in [-0.15, -0.1) is 0 Å². The molecular weight excluding hydrogens is 238 g/mol. The Morgan fingerprint density at radius 2 is 2.11 bits per heavy atom. The summed E-state index contributed by atoms with van der Waals surface area (Å²) >= 11 is 0. The number of amides is 1. The first kappa shape index (κ1) is 15.5. The van der Waals surface area contributed by atoms with Crippen molar-refractivity contribution in [2.75, 3.05) is 31.2 Å². The Morgan fingerprint density at radius 1 is 1.42 bits per heavy atom. The molecule has 0 saturated heterocycles. The van der Waals surface area contributed by atoms with E-state index < -0.39 is 0 Å². The highest BCUT2D eigenvalue weighted by atomic mass is 16.2. The zero-order chi connectivity index (χ0) is 14.4. The molecule has 0 heterocycles. The van der Waals surface area contributed by atoms with Gasteiger partial charge in [0.25, 0.3) is 0 Å². The predicted molar refractivity (Wildman–Crippen MR) is 81.2 cm³/mol. The van der Waals surface area contributed by atoms with Crippen LogP contribution in [0.1, 0.15) is 25.8 Å². The van der Waals surface area contributed by atoms with Crippen molar-refractivity contribution in [2.24, 2.45) is 5.92 Å². The van der Waals surface area contributed by atoms with Crippen LogP contribution in [0, 0.1) is 12.8 Å². The third kappa shape index (κ3) is 5.30. The minimum Gasteiger partial charge on any atom is -0.398 e. The summed E-state index contributed by atoms with van der Waals surface area (Å²) in [5, 5.41) is 2.91. The van der Waals surface area contributed by atoms with E-state index in [4.69, 9.17) is 5.73 Å². The number of likely N-dealkylation sites (N-methyl/N-ethyl adjacent to an activating group) is 1. The van der Waals surface area contributed by atoms with Crippen LogP contribution in [0.2, 0.25) is 0 Å². The van der Waals surface area contributed by atoms with Gasteiger partial charge in [-0.2, -0.15) is 0 Å². The number of anilines is 2. The number of rotatable bonds is 6. The normalized spacial score (nSPS) is 11.1. The number of nitrogens with zero attached hydrogens (tertiary/aromatic N) is 1. The number of carbonyl (C=O) groups excluding carboxylic acids is 1. The first-order chi connectivity index (χ1) is 8.90. The number of carbonyl (C=O) groups is 1. The summed E-state index contributed by atoms with van der Waals surface area (Å²) in [5.41, 5.74) is 8.23. The number of hydrogen-bond donors (Lipinski definition) is 2. The van der Waals surface area contributed by atoms with Gasteiger partial charge >= 0.3 is 0 Å². The average Bonchev–Trinajstić information content (AvgIpc) is 2.32. The fourth-order valence-corrected chi connectivity index (χ4v) is 1.78. The van der Waals surface area contributed by atoms with E-state index in [1.165, 1.54) is 0 Å². The standard InChI is InChI=1S/C15H25N3O/c1-11(2)8-9-18(4)10-15(19)17-14-7-5-6-13(16)12(14)3/h5-7,11H,8-10,16H2,1-4H3,(H,17,19). The van der Waals surface area contributed by atoms with Crippen molar-refractivity contribution in [1.29, 1.82) is 0 Å². The highest BCUT2D eigenvalue weighted by molar-refractivity contribution is 5.93. The zero-order valence-corrected chi connectivity index (χ0v) is 12.4. The lowest BCUT2D eigenvalue weighted by Crippen LogP contribution is -2.31. The van der Waals surface area contributed by atoms with Crippen LogP contribution in [0.4, 0.5) is 11.4 Å². The van der Waals surface area contributed by atoms with Crippen molar-refractivity contribution >= 4 is 17.3 Å². The summed E-state index contributed by atoms with van der Waals surface area (Å²) in [6.45, 7) is 7.61. The average molecular weight is 263 g/mol. The van der Waals surface area contributed by atoms with Gasteiger partial charge in [0.1, 0.15) is 0 Å². The van der Waals surface area contributed by atoms with Gasteiger partial charge in [-0.3, -0.25) is 9.69 Å². The van der Waals surface area contributed by atoms with Gasteiger partial charge in [0, 0.05) is 11.4 Å². The van der Waals surface area contributed by atoms with E-state index in [1.54, 1.807) is 0 Å². The number of nitrogens with one attached hydrogen (secondary N) is 1. The molecule has 0 radical (unpaired) electrons. The molecule has 19 heavy (non-hydrogen) atoms. The number of nitrogen functional groups attached to an aromatic ring is 1. The zero-order valence-electron chi connectivity index (χ0n) is 12.4. The number of hydrogen-bond acceptors (Lipinski definition) is 3. The molecule has 1 aromatic rings. The smallest absolute Gasteiger partial charge is 0.238 e. The lowest BCUT2D eigenvalue weighted by Gasteiger charge is -2.18. The second kappa shape index (κ2) is 7.14. The lowest BCUT2D eigenvalue weighted by atomic mass is 10.1. The van der Waals surface area contributed by atoms with Gasteiger partial charge in [-0.05, 0) is 50.6 Å². The molecule has 0 aliphatic carbocycles. The molecule has 1 aromatic carbocycles. The van der Waals surface area contributed by atoms with Gasteiger partial charge in [-0.25, -0.2) is 0 Å². The fourth-order valence-electron chi connectivity index (χ4n) is 1.78. The van der Waals surface area contributed by atoms with Crippen LogP contribution in [0.5, 0.6) is 0 Å². The minimum atomic E-state index is -0.0000406. The molecule has 0 bridgehead atoms. The van der Waals surface area contributed by atoms with E-state index in [2.05, 4.69) is 19.2 Å². The van der Waals surface area contributed by atoms with E-state index in [1.807, 2.05) is 37.1 Å². The third-order valence-corrected chi connectivity index (χ3v) is 3.15. The van der Waals surface area contributed by atoms with Gasteiger partial charge < -0.3 is 11.1 Å². The SMILES string of the molecule is Cc1c(N)cccc1NC(=O)CN(C)CCC(C)C. The third-order valence-electron chi connectivity index (χ3n) is 3.15. The number of nitrogens with two attached hydrogens (primary N) is 1. The van der Waals surface area contributed by atoms with E-state index >= 15 is 0 Å². The Morgan fingerprint density at radius 3 is 2.74 bits per heavy atom. The Kier molecular flexibility index (Phi) is 5.83. The van der Waals surface area contributed by atoms with Crippen LogP contribution >= 0.6 is 0 Å². The van der Waals surface area contributed by atoms with Crippen LogP contribution in [-0.2, 0) is 4.79 Å². The first-order valence-electron chi connectivity index (χ1n) is 6.73. The molecule has 0 aliphatic heterocycles. The predicted octanol–water partition coefficient (Wildman–Crippen LogP) is 2.49. The molecule has 1 amide bonds. The van der Waals surface area contributed by atoms with Gasteiger partial charge in [0.2, 0.25) is 5.91 Å². The van der Waals surface area contributed by atoms with Crippen molar-refractivity contribution < 1.29 is 4.79 Å². The van der Waals surface area contributed by atoms with Crippen molar-refractivity contribution in [2.45, 2.75) is 27.2 Å². The van der Waals surface area contributed by atoms with Crippen LogP contribution in [0.25, 0.3) is 0 Å². The molecule has 0 spiro atoms. The molecule has 1 rings (SSSR count). The molecule has 3 N–H and O–H groups in total. The van der Waals surface area contributed by atoms with Crippen LogP contribution in [0.15, 0.2) is 18.2 Å². The molecule has 0 fully saturated rings. The summed E-state index contributed by atoms with van der Waals surface area (Å²) < 4.78 is 0. The lowest BCUT2D eigenvalue weighted by molar-refractivity contribution is -0.117. The molecule has 0 aromatic heterocycles. The minimum absolute atomic E-state index is 0.0000406. The van der Waals surface area contributed by atoms with Crippen LogP contribution < -0.4 is 11.1 Å². The fraction of sp³-hybridized carbons (Fsp3) is 0.533. The topological polar surface area (TPSA) is 58.4 Å². The Balaban J connectivity index is 2.49. The van der Waals surface area contributed by atoms with E-state index in [0.717, 1.165) is 24.2 Å². The summed E-state index contributed by atoms with van der Waals surface area (Å²) in [5.74, 6) is 0.654. The molecular formula is C15H25N3O. The second-order valence-electron chi connectivity index (χ2n) is 5.49. The molecule has 0 atom stereocenters. The maximum atomic E-state index is 11.9. The molecule has 106 valence electrons. The summed E-state index contributed by atoms with van der Waals surface area (Å²) in [6, 6.07) is 5.55. The second-order valence-corrected chi connectivity index (χ2v) is 5.49. The van der Waals surface area contributed by atoms with Gasteiger partial charge in [0.05, 0.1) is 6.54 Å². The first-order valence-corrected chi connectivity index (χ1v) is 6.73. The molecule has 4 heteroatoms. The molecule has 0 unspecified atom stereocenters. The maximum Gasteiger partial charge on any atom is 0.238 e. The molecule has 4 nitrogen and oxygen atoms in total. The van der Waals surface area contributed by atoms with E-state index in [-0.39, 0.29) is 5.91 Å².